The Kier molecular flexibility index (Phi) is 5.30. The van der Waals surface area contributed by atoms with Crippen molar-refractivity contribution in [2.24, 2.45) is 0 Å². The summed E-state index contributed by atoms with van der Waals surface area (Å²) in [5, 5.41) is 21.7. The van der Waals surface area contributed by atoms with Crippen molar-refractivity contribution in [1.82, 2.24) is 14.8 Å². The molecule has 7 nitrogen and oxygen atoms in total. The van der Waals surface area contributed by atoms with Crippen molar-refractivity contribution in [3.8, 4) is 0 Å². The first-order valence-corrected chi connectivity index (χ1v) is 9.71. The van der Waals surface area contributed by atoms with Crippen molar-refractivity contribution in [2.75, 3.05) is 37.6 Å². The lowest BCUT2D eigenvalue weighted by Gasteiger charge is -2.39. The second kappa shape index (κ2) is 7.87. The Hall–Kier alpha value is -2.48. The van der Waals surface area contributed by atoms with Gasteiger partial charge >= 0.3 is 0 Å². The van der Waals surface area contributed by atoms with E-state index in [9.17, 15) is 15.0 Å². The van der Waals surface area contributed by atoms with Gasteiger partial charge in [-0.05, 0) is 23.8 Å². The van der Waals surface area contributed by atoms with Crippen LogP contribution in [0.2, 0.25) is 0 Å². The predicted molar refractivity (Wildman–Crippen MR) is 105 cm³/mol. The van der Waals surface area contributed by atoms with Crippen LogP contribution < -0.4 is 4.90 Å². The number of anilines is 1. The summed E-state index contributed by atoms with van der Waals surface area (Å²) in [5.74, 6) is -0.376. The Labute approximate surface area is 164 Å². The maximum absolute atomic E-state index is 13.0. The van der Waals surface area contributed by atoms with Gasteiger partial charge in [0.15, 0.2) is 11.8 Å². The second-order valence-electron chi connectivity index (χ2n) is 7.51. The quantitative estimate of drug-likeness (QED) is 0.810. The fraction of sp³-hybridized carbons (Fsp3) is 0.429. The first kappa shape index (κ1) is 18.9. The van der Waals surface area contributed by atoms with Crippen LogP contribution in [0.3, 0.4) is 0 Å². The number of pyridine rings is 1. The number of rotatable bonds is 4. The van der Waals surface area contributed by atoms with E-state index >= 15 is 0 Å². The molecule has 2 aliphatic rings. The SMILES string of the molecule is O=C(N1CCN(Cc2cccnc2)CC1)[C@@]1(O)CCN(c2ccccc2)C1O. The number of aromatic nitrogens is 1. The van der Waals surface area contributed by atoms with E-state index in [0.29, 0.717) is 19.6 Å². The minimum absolute atomic E-state index is 0.220. The highest BCUT2D eigenvalue weighted by molar-refractivity contribution is 5.87. The molecule has 28 heavy (non-hydrogen) atoms. The highest BCUT2D eigenvalue weighted by atomic mass is 16.4. The molecule has 2 aromatic rings. The Morgan fingerprint density at radius 2 is 1.82 bits per heavy atom. The van der Waals surface area contributed by atoms with Crippen molar-refractivity contribution in [1.29, 1.82) is 0 Å². The van der Waals surface area contributed by atoms with Crippen LogP contribution in [0.1, 0.15) is 12.0 Å². The van der Waals surface area contributed by atoms with Gasteiger partial charge in [0.05, 0.1) is 0 Å². The number of piperazine rings is 1. The standard InChI is InChI=1S/C21H26N4O3/c26-19(21(28)8-10-25(20(21)27)18-6-2-1-3-7-18)24-13-11-23(12-14-24)16-17-5-4-9-22-15-17/h1-7,9,15,20,27-28H,8,10-14,16H2/t20?,21-/m0/s1. The lowest BCUT2D eigenvalue weighted by Crippen LogP contribution is -2.59. The molecule has 2 N–H and O–H groups in total. The van der Waals surface area contributed by atoms with Gasteiger partial charge in [0.25, 0.3) is 5.91 Å². The van der Waals surface area contributed by atoms with Gasteiger partial charge in [-0.15, -0.1) is 0 Å². The maximum atomic E-state index is 13.0. The van der Waals surface area contributed by atoms with Crippen molar-refractivity contribution in [2.45, 2.75) is 24.8 Å². The van der Waals surface area contributed by atoms with Crippen molar-refractivity contribution >= 4 is 11.6 Å². The summed E-state index contributed by atoms with van der Waals surface area (Å²) in [4.78, 5) is 22.8. The molecular weight excluding hydrogens is 356 g/mol. The molecule has 2 atom stereocenters. The van der Waals surface area contributed by atoms with Gasteiger partial charge in [-0.25, -0.2) is 0 Å². The molecular formula is C21H26N4O3. The molecule has 7 heteroatoms. The molecule has 1 amide bonds. The number of aliphatic hydroxyl groups is 2. The van der Waals surface area contributed by atoms with Crippen LogP contribution >= 0.6 is 0 Å². The molecule has 3 heterocycles. The summed E-state index contributed by atoms with van der Waals surface area (Å²) in [5.41, 5.74) is 0.187. The summed E-state index contributed by atoms with van der Waals surface area (Å²) in [6.07, 6.45) is 2.59. The van der Waals surface area contributed by atoms with E-state index in [4.69, 9.17) is 0 Å². The van der Waals surface area contributed by atoms with Crippen LogP contribution in [0.4, 0.5) is 5.69 Å². The average Bonchev–Trinajstić information content (AvgIpc) is 3.05. The van der Waals surface area contributed by atoms with E-state index in [2.05, 4.69) is 9.88 Å². The number of benzene rings is 1. The van der Waals surface area contributed by atoms with Gasteiger partial charge in [-0.2, -0.15) is 0 Å². The molecule has 148 valence electrons. The van der Waals surface area contributed by atoms with Crippen molar-refractivity contribution < 1.29 is 15.0 Å². The summed E-state index contributed by atoms with van der Waals surface area (Å²) < 4.78 is 0. The number of carbonyl (C=O) groups is 1. The zero-order chi connectivity index (χ0) is 19.6. The first-order valence-electron chi connectivity index (χ1n) is 9.71. The normalized spacial score (nSPS) is 25.9. The molecule has 0 saturated carbocycles. The summed E-state index contributed by atoms with van der Waals surface area (Å²) in [6, 6.07) is 13.4. The summed E-state index contributed by atoms with van der Waals surface area (Å²) in [6.45, 7) is 3.78. The van der Waals surface area contributed by atoms with Crippen molar-refractivity contribution in [3.05, 3.63) is 60.4 Å². The van der Waals surface area contributed by atoms with Gasteiger partial charge < -0.3 is 20.0 Å². The fourth-order valence-electron chi connectivity index (χ4n) is 4.04. The monoisotopic (exact) mass is 382 g/mol. The molecule has 1 unspecified atom stereocenters. The fourth-order valence-corrected chi connectivity index (χ4v) is 4.04. The molecule has 2 aliphatic heterocycles. The van der Waals surface area contributed by atoms with Crippen LogP contribution in [-0.4, -0.2) is 75.5 Å². The number of hydrogen-bond acceptors (Lipinski definition) is 6. The lowest BCUT2D eigenvalue weighted by molar-refractivity contribution is -0.162. The topological polar surface area (TPSA) is 80.1 Å². The van der Waals surface area contributed by atoms with E-state index in [1.807, 2.05) is 48.7 Å². The third-order valence-electron chi connectivity index (χ3n) is 5.70. The average molecular weight is 382 g/mol. The minimum Gasteiger partial charge on any atom is -0.376 e. The Balaban J connectivity index is 1.37. The van der Waals surface area contributed by atoms with E-state index in [-0.39, 0.29) is 12.3 Å². The second-order valence-corrected chi connectivity index (χ2v) is 7.51. The molecule has 0 radical (unpaired) electrons. The van der Waals surface area contributed by atoms with E-state index in [0.717, 1.165) is 30.9 Å². The number of amides is 1. The maximum Gasteiger partial charge on any atom is 0.259 e. The highest BCUT2D eigenvalue weighted by Crippen LogP contribution is 2.33. The number of aliphatic hydroxyl groups excluding tert-OH is 1. The zero-order valence-corrected chi connectivity index (χ0v) is 15.8. The van der Waals surface area contributed by atoms with E-state index < -0.39 is 11.8 Å². The molecule has 4 rings (SSSR count). The molecule has 0 aliphatic carbocycles. The zero-order valence-electron chi connectivity index (χ0n) is 15.8. The molecule has 0 bridgehead atoms. The van der Waals surface area contributed by atoms with E-state index in [1.165, 1.54) is 0 Å². The number of para-hydroxylation sites is 1. The van der Waals surface area contributed by atoms with Gasteiger partial charge in [-0.1, -0.05) is 24.3 Å². The van der Waals surface area contributed by atoms with Crippen LogP contribution in [-0.2, 0) is 11.3 Å². The first-order chi connectivity index (χ1) is 13.6. The van der Waals surface area contributed by atoms with Gasteiger partial charge in [0.2, 0.25) is 0 Å². The number of nitrogens with zero attached hydrogens (tertiary/aromatic N) is 4. The minimum atomic E-state index is -1.76. The van der Waals surface area contributed by atoms with Gasteiger partial charge in [0.1, 0.15) is 0 Å². The molecule has 1 aromatic carbocycles. The Morgan fingerprint density at radius 1 is 1.07 bits per heavy atom. The van der Waals surface area contributed by atoms with E-state index in [1.54, 1.807) is 16.0 Å². The molecule has 1 aromatic heterocycles. The Morgan fingerprint density at radius 3 is 2.50 bits per heavy atom. The Bertz CT molecular complexity index is 796. The number of carbonyl (C=O) groups excluding carboxylic acids is 1. The summed E-state index contributed by atoms with van der Waals surface area (Å²) in [7, 11) is 0. The smallest absolute Gasteiger partial charge is 0.259 e. The predicted octanol–water partition coefficient (Wildman–Crippen LogP) is 0.686. The van der Waals surface area contributed by atoms with Crippen LogP contribution in [0, 0.1) is 0 Å². The van der Waals surface area contributed by atoms with Gasteiger partial charge in [-0.3, -0.25) is 14.7 Å². The highest BCUT2D eigenvalue weighted by Gasteiger charge is 2.53. The molecule has 2 fully saturated rings. The van der Waals surface area contributed by atoms with Crippen LogP contribution in [0.25, 0.3) is 0 Å². The number of hydrogen-bond donors (Lipinski definition) is 2. The van der Waals surface area contributed by atoms with Gasteiger partial charge in [0, 0.05) is 63.8 Å². The molecule has 2 saturated heterocycles. The van der Waals surface area contributed by atoms with Crippen LogP contribution in [0.15, 0.2) is 54.9 Å². The third kappa shape index (κ3) is 3.61. The third-order valence-corrected chi connectivity index (χ3v) is 5.70. The molecule has 0 spiro atoms. The summed E-state index contributed by atoms with van der Waals surface area (Å²) >= 11 is 0. The van der Waals surface area contributed by atoms with Crippen LogP contribution in [0.5, 0.6) is 0 Å². The van der Waals surface area contributed by atoms with Crippen molar-refractivity contribution in [3.63, 3.8) is 0 Å². The largest absolute Gasteiger partial charge is 0.376 e. The lowest BCUT2D eigenvalue weighted by atomic mass is 9.99.